The molecule has 3 aromatic rings. The zero-order chi connectivity index (χ0) is 23.2. The number of aromatic nitrogens is 2. The molecule has 1 fully saturated rings. The number of nitrogens with zero attached hydrogens (tertiary/aromatic N) is 5. The van der Waals surface area contributed by atoms with Crippen LogP contribution in [-0.2, 0) is 11.3 Å². The first-order chi connectivity index (χ1) is 16.0. The Hall–Kier alpha value is -3.17. The molecule has 1 amide bonds. The molecule has 0 bridgehead atoms. The van der Waals surface area contributed by atoms with Crippen LogP contribution in [-0.4, -0.2) is 48.1 Å². The lowest BCUT2D eigenvalue weighted by molar-refractivity contribution is -0.121. The zero-order valence-electron chi connectivity index (χ0n) is 17.7. The molecule has 0 spiro atoms. The van der Waals surface area contributed by atoms with E-state index in [1.54, 1.807) is 6.07 Å². The van der Waals surface area contributed by atoms with E-state index in [2.05, 4.69) is 41.4 Å². The molecule has 33 heavy (non-hydrogen) atoms. The highest BCUT2D eigenvalue weighted by atomic mass is 79.9. The van der Waals surface area contributed by atoms with Crippen LogP contribution in [0.1, 0.15) is 5.56 Å². The highest BCUT2D eigenvalue weighted by Gasteiger charge is 2.19. The quantitative estimate of drug-likeness (QED) is 0.392. The van der Waals surface area contributed by atoms with Crippen LogP contribution in [0, 0.1) is 0 Å². The molecule has 10 heteroatoms. The van der Waals surface area contributed by atoms with E-state index in [9.17, 15) is 9.59 Å². The van der Waals surface area contributed by atoms with E-state index in [1.807, 2.05) is 48.5 Å². The summed E-state index contributed by atoms with van der Waals surface area (Å²) >= 11 is 9.48. The number of carbonyl (C=O) groups is 1. The van der Waals surface area contributed by atoms with Gasteiger partial charge in [-0.1, -0.05) is 45.7 Å². The average molecular weight is 530 g/mol. The van der Waals surface area contributed by atoms with E-state index < -0.39 is 5.91 Å². The molecule has 2 heterocycles. The van der Waals surface area contributed by atoms with E-state index >= 15 is 0 Å². The third-order valence-electron chi connectivity index (χ3n) is 5.20. The van der Waals surface area contributed by atoms with Gasteiger partial charge in [-0.2, -0.15) is 10.2 Å². The predicted octanol–water partition coefficient (Wildman–Crippen LogP) is 3.14. The maximum Gasteiger partial charge on any atom is 0.267 e. The smallest absolute Gasteiger partial charge is 0.267 e. The molecule has 0 saturated carbocycles. The summed E-state index contributed by atoms with van der Waals surface area (Å²) in [7, 11) is 0. The van der Waals surface area contributed by atoms with Crippen molar-refractivity contribution in [2.45, 2.75) is 6.54 Å². The van der Waals surface area contributed by atoms with Crippen molar-refractivity contribution in [2.24, 2.45) is 5.10 Å². The van der Waals surface area contributed by atoms with Crippen LogP contribution >= 0.6 is 27.5 Å². The highest BCUT2D eigenvalue weighted by molar-refractivity contribution is 9.10. The Balaban J connectivity index is 1.35. The lowest BCUT2D eigenvalue weighted by Gasteiger charge is -2.36. The maximum absolute atomic E-state index is 12.3. The van der Waals surface area contributed by atoms with Crippen molar-refractivity contribution >= 4 is 51.2 Å². The number of piperazine rings is 1. The molecule has 1 aliphatic rings. The van der Waals surface area contributed by atoms with Crippen LogP contribution in [0.5, 0.6) is 0 Å². The van der Waals surface area contributed by atoms with Crippen LogP contribution in [0.2, 0.25) is 5.02 Å². The number of halogens is 2. The second kappa shape index (κ2) is 10.6. The van der Waals surface area contributed by atoms with Gasteiger partial charge in [-0.05, 0) is 42.0 Å². The first kappa shape index (κ1) is 23.0. The molecule has 4 rings (SSSR count). The van der Waals surface area contributed by atoms with Gasteiger partial charge in [-0.3, -0.25) is 9.59 Å². The molecule has 1 saturated heterocycles. The number of amides is 1. The van der Waals surface area contributed by atoms with Gasteiger partial charge >= 0.3 is 0 Å². The fourth-order valence-corrected chi connectivity index (χ4v) is 3.93. The van der Waals surface area contributed by atoms with E-state index in [4.69, 9.17) is 11.6 Å². The Kier molecular flexibility index (Phi) is 7.41. The predicted molar refractivity (Wildman–Crippen MR) is 134 cm³/mol. The Morgan fingerprint density at radius 3 is 2.52 bits per heavy atom. The third-order valence-corrected chi connectivity index (χ3v) is 5.96. The third kappa shape index (κ3) is 6.21. The second-order valence-corrected chi connectivity index (χ2v) is 8.84. The minimum absolute atomic E-state index is 0.215. The molecule has 0 unspecified atom stereocenters. The van der Waals surface area contributed by atoms with Gasteiger partial charge < -0.3 is 9.80 Å². The molecule has 2 aromatic carbocycles. The summed E-state index contributed by atoms with van der Waals surface area (Å²) in [4.78, 5) is 28.8. The molecular weight excluding hydrogens is 508 g/mol. The summed E-state index contributed by atoms with van der Waals surface area (Å²) in [5.74, 6) is 0.229. The van der Waals surface area contributed by atoms with Crippen molar-refractivity contribution in [1.82, 2.24) is 15.2 Å². The normalized spacial score (nSPS) is 14.0. The van der Waals surface area contributed by atoms with Gasteiger partial charge in [0.05, 0.1) is 6.21 Å². The molecular formula is C23H22BrClN6O2. The number of carbonyl (C=O) groups excluding carboxylic acids is 1. The summed E-state index contributed by atoms with van der Waals surface area (Å²) in [5, 5.41) is 9.05. The minimum Gasteiger partial charge on any atom is -0.368 e. The molecule has 170 valence electrons. The molecule has 0 atom stereocenters. The number of hydrazone groups is 1. The van der Waals surface area contributed by atoms with Gasteiger partial charge in [0, 0.05) is 47.4 Å². The van der Waals surface area contributed by atoms with Crippen LogP contribution in [0.3, 0.4) is 0 Å². The average Bonchev–Trinajstić information content (AvgIpc) is 2.82. The van der Waals surface area contributed by atoms with E-state index in [-0.39, 0.29) is 12.1 Å². The summed E-state index contributed by atoms with van der Waals surface area (Å²) in [5.41, 5.74) is 4.02. The monoisotopic (exact) mass is 528 g/mol. The van der Waals surface area contributed by atoms with Gasteiger partial charge in [0.1, 0.15) is 12.4 Å². The van der Waals surface area contributed by atoms with Gasteiger partial charge in [0.15, 0.2) is 0 Å². The molecule has 1 aliphatic heterocycles. The SMILES string of the molecule is O=C(Cn1nc(N2CCN(c3cccc(Cl)c3)CC2)ccc1=O)N/N=C/c1ccc(Br)cc1. The molecule has 0 radical (unpaired) electrons. The Bertz CT molecular complexity index is 1210. The van der Waals surface area contributed by atoms with E-state index in [0.717, 1.165) is 46.6 Å². The van der Waals surface area contributed by atoms with Gasteiger partial charge in [-0.25, -0.2) is 10.1 Å². The van der Waals surface area contributed by atoms with Crippen molar-refractivity contribution in [3.05, 3.63) is 86.1 Å². The Morgan fingerprint density at radius 2 is 1.79 bits per heavy atom. The lowest BCUT2D eigenvalue weighted by atomic mass is 10.2. The number of nitrogens with one attached hydrogen (secondary N) is 1. The summed E-state index contributed by atoms with van der Waals surface area (Å²) < 4.78 is 2.11. The highest BCUT2D eigenvalue weighted by Crippen LogP contribution is 2.22. The van der Waals surface area contributed by atoms with Crippen LogP contribution in [0.25, 0.3) is 0 Å². The molecule has 0 aliphatic carbocycles. The van der Waals surface area contributed by atoms with Crippen LogP contribution in [0.15, 0.2) is 75.0 Å². The molecule has 1 N–H and O–H groups in total. The number of rotatable bonds is 6. The number of hydrogen-bond donors (Lipinski definition) is 1. The molecule has 1 aromatic heterocycles. The largest absolute Gasteiger partial charge is 0.368 e. The fraction of sp³-hybridized carbons (Fsp3) is 0.217. The number of anilines is 2. The minimum atomic E-state index is -0.430. The topological polar surface area (TPSA) is 82.8 Å². The first-order valence-electron chi connectivity index (χ1n) is 10.4. The van der Waals surface area contributed by atoms with Crippen molar-refractivity contribution in [2.75, 3.05) is 36.0 Å². The fourth-order valence-electron chi connectivity index (χ4n) is 3.49. The first-order valence-corrected chi connectivity index (χ1v) is 11.6. The summed E-state index contributed by atoms with van der Waals surface area (Å²) in [6.45, 7) is 2.86. The lowest BCUT2D eigenvalue weighted by Crippen LogP contribution is -2.47. The van der Waals surface area contributed by atoms with Gasteiger partial charge in [0.2, 0.25) is 0 Å². The number of hydrogen-bond acceptors (Lipinski definition) is 6. The van der Waals surface area contributed by atoms with Crippen molar-refractivity contribution < 1.29 is 4.79 Å². The van der Waals surface area contributed by atoms with Crippen LogP contribution in [0.4, 0.5) is 11.5 Å². The zero-order valence-corrected chi connectivity index (χ0v) is 20.0. The second-order valence-electron chi connectivity index (χ2n) is 7.49. The van der Waals surface area contributed by atoms with Crippen molar-refractivity contribution in [3.63, 3.8) is 0 Å². The molecule has 8 nitrogen and oxygen atoms in total. The summed E-state index contributed by atoms with van der Waals surface area (Å²) in [6, 6.07) is 18.4. The maximum atomic E-state index is 12.3. The summed E-state index contributed by atoms with van der Waals surface area (Å²) in [6.07, 6.45) is 1.54. The Morgan fingerprint density at radius 1 is 1.06 bits per heavy atom. The van der Waals surface area contributed by atoms with Crippen LogP contribution < -0.4 is 20.8 Å². The Labute approximate surface area is 204 Å². The number of benzene rings is 2. The standard InChI is InChI=1S/C23H22BrClN6O2/c24-18-6-4-17(5-7-18)15-26-27-22(32)16-31-23(33)9-8-21(28-31)30-12-10-29(11-13-30)20-3-1-2-19(25)14-20/h1-9,14-15H,10-13,16H2,(H,27,32)/b26-15+. The van der Waals surface area contributed by atoms with Crippen molar-refractivity contribution in [3.8, 4) is 0 Å². The van der Waals surface area contributed by atoms with E-state index in [0.29, 0.717) is 10.8 Å². The van der Waals surface area contributed by atoms with Gasteiger partial charge in [-0.15, -0.1) is 0 Å². The van der Waals surface area contributed by atoms with E-state index in [1.165, 1.54) is 12.3 Å². The van der Waals surface area contributed by atoms with Crippen molar-refractivity contribution in [1.29, 1.82) is 0 Å². The van der Waals surface area contributed by atoms with Gasteiger partial charge in [0.25, 0.3) is 11.5 Å².